The van der Waals surface area contributed by atoms with Crippen molar-refractivity contribution in [3.8, 4) is 0 Å². The van der Waals surface area contributed by atoms with Crippen molar-refractivity contribution < 1.29 is 9.32 Å². The molecule has 0 saturated carbocycles. The summed E-state index contributed by atoms with van der Waals surface area (Å²) in [6.07, 6.45) is 5.52. The Balaban J connectivity index is 1.72. The van der Waals surface area contributed by atoms with Crippen LogP contribution in [0.2, 0.25) is 0 Å². The number of carbonyl (C=O) groups excluding carboxylic acids is 1. The number of aryl methyl sites for hydroxylation is 1. The highest BCUT2D eigenvalue weighted by Crippen LogP contribution is 2.11. The third kappa shape index (κ3) is 4.06. The number of hydrogen-bond donors (Lipinski definition) is 1. The molecule has 0 bridgehead atoms. The van der Waals surface area contributed by atoms with Gasteiger partial charge in [-0.25, -0.2) is 0 Å². The molecule has 1 saturated heterocycles. The lowest BCUT2D eigenvalue weighted by Gasteiger charge is -2.29. The predicted molar refractivity (Wildman–Crippen MR) is 73.0 cm³/mol. The minimum absolute atomic E-state index is 0.166. The van der Waals surface area contributed by atoms with Crippen molar-refractivity contribution in [1.29, 1.82) is 0 Å². The Bertz CT molecular complexity index is 411. The number of nitrogens with one attached hydrogen (secondary N) is 1. The van der Waals surface area contributed by atoms with Crippen LogP contribution < -0.4 is 5.32 Å². The summed E-state index contributed by atoms with van der Waals surface area (Å²) in [5, 5.41) is 6.54. The molecule has 0 aromatic carbocycles. The molecule has 5 nitrogen and oxygen atoms in total. The molecule has 5 heteroatoms. The van der Waals surface area contributed by atoms with Crippen LogP contribution in [-0.2, 0) is 0 Å². The summed E-state index contributed by atoms with van der Waals surface area (Å²) in [4.78, 5) is 14.4. The summed E-state index contributed by atoms with van der Waals surface area (Å²) in [6.45, 7) is 8.11. The van der Waals surface area contributed by atoms with E-state index in [1.165, 1.54) is 32.4 Å². The molecule has 1 aliphatic heterocycles. The number of amides is 1. The van der Waals surface area contributed by atoms with Gasteiger partial charge in [0.2, 0.25) is 5.76 Å². The van der Waals surface area contributed by atoms with Crippen LogP contribution in [0.25, 0.3) is 0 Å². The summed E-state index contributed by atoms with van der Waals surface area (Å²) in [5.41, 5.74) is 0.779. The molecule has 1 aromatic rings. The van der Waals surface area contributed by atoms with Crippen molar-refractivity contribution in [2.45, 2.75) is 33.1 Å². The first-order chi connectivity index (χ1) is 9.16. The van der Waals surface area contributed by atoms with Gasteiger partial charge in [-0.3, -0.25) is 4.79 Å². The summed E-state index contributed by atoms with van der Waals surface area (Å²) >= 11 is 0. The van der Waals surface area contributed by atoms with Gasteiger partial charge >= 0.3 is 0 Å². The molecular weight excluding hydrogens is 242 g/mol. The minimum atomic E-state index is -0.166. The second kappa shape index (κ2) is 6.70. The van der Waals surface area contributed by atoms with Crippen molar-refractivity contribution in [3.63, 3.8) is 0 Å². The van der Waals surface area contributed by atoms with Crippen LogP contribution in [0.4, 0.5) is 0 Å². The zero-order valence-electron chi connectivity index (χ0n) is 11.8. The quantitative estimate of drug-likeness (QED) is 0.882. The van der Waals surface area contributed by atoms with Gasteiger partial charge in [-0.05, 0) is 38.8 Å². The summed E-state index contributed by atoms with van der Waals surface area (Å²) in [7, 11) is 0. The number of aromatic nitrogens is 1. The lowest BCUT2D eigenvalue weighted by molar-refractivity contribution is 0.0905. The van der Waals surface area contributed by atoms with Gasteiger partial charge in [0, 0.05) is 18.7 Å². The van der Waals surface area contributed by atoms with E-state index in [-0.39, 0.29) is 5.91 Å². The fourth-order valence-corrected chi connectivity index (χ4v) is 2.50. The predicted octanol–water partition coefficient (Wildman–Crippen LogP) is 1.83. The van der Waals surface area contributed by atoms with E-state index in [1.807, 2.05) is 6.92 Å². The topological polar surface area (TPSA) is 58.4 Å². The summed E-state index contributed by atoms with van der Waals surface area (Å²) < 4.78 is 4.94. The molecule has 1 N–H and O–H groups in total. The second-order valence-corrected chi connectivity index (χ2v) is 5.51. The Hall–Kier alpha value is -1.36. The van der Waals surface area contributed by atoms with Gasteiger partial charge in [0.1, 0.15) is 0 Å². The Morgan fingerprint density at radius 1 is 1.47 bits per heavy atom. The maximum Gasteiger partial charge on any atom is 0.290 e. The smallest absolute Gasteiger partial charge is 0.290 e. The largest absolute Gasteiger partial charge is 0.351 e. The molecule has 19 heavy (non-hydrogen) atoms. The van der Waals surface area contributed by atoms with E-state index in [1.54, 1.807) is 6.20 Å². The zero-order chi connectivity index (χ0) is 13.7. The molecule has 2 heterocycles. The average molecular weight is 265 g/mol. The van der Waals surface area contributed by atoms with Gasteiger partial charge < -0.3 is 14.7 Å². The first-order valence-corrected chi connectivity index (χ1v) is 7.08. The summed E-state index contributed by atoms with van der Waals surface area (Å²) in [6, 6.07) is 0. The Labute approximate surface area is 114 Å². The van der Waals surface area contributed by atoms with Crippen molar-refractivity contribution in [2.75, 3.05) is 26.2 Å². The van der Waals surface area contributed by atoms with E-state index < -0.39 is 0 Å². The van der Waals surface area contributed by atoms with Crippen molar-refractivity contribution >= 4 is 5.91 Å². The third-order valence-corrected chi connectivity index (χ3v) is 3.58. The molecule has 1 unspecified atom stereocenters. The van der Waals surface area contributed by atoms with E-state index in [0.29, 0.717) is 18.2 Å². The molecule has 1 aromatic heterocycles. The second-order valence-electron chi connectivity index (χ2n) is 5.51. The van der Waals surface area contributed by atoms with Crippen LogP contribution in [0.3, 0.4) is 0 Å². The molecule has 0 spiro atoms. The van der Waals surface area contributed by atoms with Crippen molar-refractivity contribution in [1.82, 2.24) is 15.4 Å². The van der Waals surface area contributed by atoms with Crippen LogP contribution in [0.15, 0.2) is 10.7 Å². The van der Waals surface area contributed by atoms with Crippen LogP contribution in [0.5, 0.6) is 0 Å². The van der Waals surface area contributed by atoms with Gasteiger partial charge in [-0.2, -0.15) is 0 Å². The maximum atomic E-state index is 11.9. The average Bonchev–Trinajstić information content (AvgIpc) is 2.83. The first-order valence-electron chi connectivity index (χ1n) is 7.08. The number of nitrogens with zero attached hydrogens (tertiary/aromatic N) is 2. The lowest BCUT2D eigenvalue weighted by Crippen LogP contribution is -2.38. The maximum absolute atomic E-state index is 11.9. The Morgan fingerprint density at radius 3 is 2.84 bits per heavy atom. The molecule has 0 aliphatic carbocycles. The Kier molecular flexibility index (Phi) is 4.96. The fraction of sp³-hybridized carbons (Fsp3) is 0.714. The molecular formula is C14H23N3O2. The van der Waals surface area contributed by atoms with E-state index in [2.05, 4.69) is 22.3 Å². The van der Waals surface area contributed by atoms with Crippen LogP contribution in [0.1, 0.15) is 42.3 Å². The number of piperidine rings is 1. The number of hydrogen-bond acceptors (Lipinski definition) is 4. The van der Waals surface area contributed by atoms with Crippen LogP contribution >= 0.6 is 0 Å². The molecule has 2 rings (SSSR count). The SMILES string of the molecule is Cc1cnoc1C(=O)NCC(C)CN1CCCCC1. The lowest BCUT2D eigenvalue weighted by atomic mass is 10.1. The van der Waals surface area contributed by atoms with Crippen molar-refractivity contribution in [3.05, 3.63) is 17.5 Å². The van der Waals surface area contributed by atoms with Gasteiger partial charge in [0.15, 0.2) is 0 Å². The summed E-state index contributed by atoms with van der Waals surface area (Å²) in [5.74, 6) is 0.607. The Morgan fingerprint density at radius 2 is 2.21 bits per heavy atom. The number of rotatable bonds is 5. The third-order valence-electron chi connectivity index (χ3n) is 3.58. The van der Waals surface area contributed by atoms with Gasteiger partial charge in [0.05, 0.1) is 6.20 Å². The zero-order valence-corrected chi connectivity index (χ0v) is 11.8. The molecule has 1 amide bonds. The monoisotopic (exact) mass is 265 g/mol. The standard InChI is InChI=1S/C14H23N3O2/c1-11(10-17-6-4-3-5-7-17)8-15-14(18)13-12(2)9-16-19-13/h9,11H,3-8,10H2,1-2H3,(H,15,18). The van der Waals surface area contributed by atoms with E-state index in [9.17, 15) is 4.79 Å². The highest BCUT2D eigenvalue weighted by atomic mass is 16.5. The molecule has 1 atom stereocenters. The number of carbonyl (C=O) groups is 1. The molecule has 1 aliphatic rings. The van der Waals surface area contributed by atoms with Crippen LogP contribution in [0, 0.1) is 12.8 Å². The highest BCUT2D eigenvalue weighted by Gasteiger charge is 2.17. The molecule has 106 valence electrons. The van der Waals surface area contributed by atoms with Crippen molar-refractivity contribution in [2.24, 2.45) is 5.92 Å². The minimum Gasteiger partial charge on any atom is -0.351 e. The normalized spacial score (nSPS) is 18.2. The fourth-order valence-electron chi connectivity index (χ4n) is 2.50. The van der Waals surface area contributed by atoms with E-state index in [4.69, 9.17) is 4.52 Å². The van der Waals surface area contributed by atoms with Gasteiger partial charge in [-0.15, -0.1) is 0 Å². The molecule has 1 fully saturated rings. The van der Waals surface area contributed by atoms with E-state index >= 15 is 0 Å². The van der Waals surface area contributed by atoms with Gasteiger partial charge in [-0.1, -0.05) is 18.5 Å². The van der Waals surface area contributed by atoms with Gasteiger partial charge in [0.25, 0.3) is 5.91 Å². The first kappa shape index (κ1) is 14.1. The highest BCUT2D eigenvalue weighted by molar-refractivity contribution is 5.92. The number of likely N-dealkylation sites (tertiary alicyclic amines) is 1. The van der Waals surface area contributed by atoms with E-state index in [0.717, 1.165) is 12.1 Å². The molecule has 0 radical (unpaired) electrons. The van der Waals surface area contributed by atoms with Crippen LogP contribution in [-0.4, -0.2) is 42.1 Å².